The first kappa shape index (κ1) is 34.7. The van der Waals surface area contributed by atoms with Crippen LogP contribution < -0.4 is 26.2 Å². The molecular weight excluding hydrogens is 683 g/mol. The van der Waals surface area contributed by atoms with E-state index < -0.39 is 0 Å². The lowest BCUT2D eigenvalue weighted by Crippen LogP contribution is -2.62. The molecule has 0 radical (unpaired) electrons. The molecule has 0 N–H and O–H groups in total. The van der Waals surface area contributed by atoms with E-state index in [2.05, 4.69) is 182 Å². The van der Waals surface area contributed by atoms with Gasteiger partial charge < -0.3 is 9.80 Å². The highest BCUT2D eigenvalue weighted by molar-refractivity contribution is 7.28. The van der Waals surface area contributed by atoms with E-state index >= 15 is 0 Å². The summed E-state index contributed by atoms with van der Waals surface area (Å²) >= 11 is 1.97. The summed E-state index contributed by atoms with van der Waals surface area (Å²) in [4.78, 5) is 5.25. The second-order valence-electron chi connectivity index (χ2n) is 19.1. The molecule has 6 aromatic carbocycles. The van der Waals surface area contributed by atoms with Gasteiger partial charge in [0.05, 0.1) is 0 Å². The van der Waals surface area contributed by atoms with Crippen molar-refractivity contribution in [3.63, 3.8) is 0 Å². The summed E-state index contributed by atoms with van der Waals surface area (Å²) in [6, 6.07) is 40.2. The zero-order valence-corrected chi connectivity index (χ0v) is 34.9. The Balaban J connectivity index is 1.38. The van der Waals surface area contributed by atoms with Gasteiger partial charge in [0, 0.05) is 48.9 Å². The summed E-state index contributed by atoms with van der Waals surface area (Å²) in [5, 5.41) is 2.71. The molecule has 274 valence electrons. The highest BCUT2D eigenvalue weighted by atomic mass is 32.1. The summed E-state index contributed by atoms with van der Waals surface area (Å²) in [5.74, 6) is 0. The third-order valence-electron chi connectivity index (χ3n) is 13.4. The van der Waals surface area contributed by atoms with Crippen LogP contribution >= 0.6 is 11.3 Å². The molecule has 0 atom stereocenters. The summed E-state index contributed by atoms with van der Waals surface area (Å²) < 4.78 is 2.76. The number of benzene rings is 6. The summed E-state index contributed by atoms with van der Waals surface area (Å²) in [5.41, 5.74) is 20.5. The first-order chi connectivity index (χ1) is 26.1. The molecule has 7 aromatic rings. The van der Waals surface area contributed by atoms with Crippen LogP contribution in [-0.2, 0) is 16.2 Å². The Kier molecular flexibility index (Phi) is 7.33. The van der Waals surface area contributed by atoms with E-state index in [1.54, 1.807) is 0 Å². The van der Waals surface area contributed by atoms with Crippen molar-refractivity contribution in [2.75, 3.05) is 9.80 Å². The first-order valence-corrected chi connectivity index (χ1v) is 21.0. The molecule has 0 saturated carbocycles. The van der Waals surface area contributed by atoms with Crippen LogP contribution in [0.4, 0.5) is 34.1 Å². The maximum Gasteiger partial charge on any atom is 0.254 e. The molecule has 0 unspecified atom stereocenters. The third-order valence-corrected chi connectivity index (χ3v) is 14.6. The maximum absolute atomic E-state index is 2.67. The number of rotatable bonds is 2. The van der Waals surface area contributed by atoms with Crippen LogP contribution in [0.25, 0.3) is 20.2 Å². The third kappa shape index (κ3) is 4.99. The number of para-hydroxylation sites is 1. The molecular formula is C51H51BN2S. The normalized spacial score (nSPS) is 16.6. The van der Waals surface area contributed by atoms with Gasteiger partial charge in [-0.1, -0.05) is 109 Å². The van der Waals surface area contributed by atoms with E-state index in [1.165, 1.54) is 117 Å². The molecule has 10 rings (SSSR count). The zero-order chi connectivity index (χ0) is 38.3. The standard InChI is InChI=1S/C51H51BN2S/c1-30-25-43-46-44(26-30)54(40-21-19-33(27-32(40)3)49(4,5)6)42-29-37-36(50(7,8)23-24-51(37,9)10)28-38(42)52(46)47-41(53(43)39-17-13-11-15-31(39)2)22-20-35-34-16-12-14-18-45(34)55-48(35)47/h11-22,25-29H,23-24H2,1-10H3. The lowest BCUT2D eigenvalue weighted by Gasteiger charge is -2.48. The predicted molar refractivity (Wildman–Crippen MR) is 242 cm³/mol. The van der Waals surface area contributed by atoms with Gasteiger partial charge in [-0.15, -0.1) is 11.3 Å². The number of thiophene rings is 1. The van der Waals surface area contributed by atoms with Crippen LogP contribution in [0.5, 0.6) is 0 Å². The van der Waals surface area contributed by atoms with Gasteiger partial charge in [0.2, 0.25) is 0 Å². The van der Waals surface area contributed by atoms with Gasteiger partial charge in [-0.25, -0.2) is 0 Å². The van der Waals surface area contributed by atoms with E-state index in [1.807, 2.05) is 11.3 Å². The van der Waals surface area contributed by atoms with Crippen molar-refractivity contribution in [2.45, 2.75) is 98.3 Å². The molecule has 0 fully saturated rings. The van der Waals surface area contributed by atoms with Crippen molar-refractivity contribution in [2.24, 2.45) is 0 Å². The smallest absolute Gasteiger partial charge is 0.254 e. The molecule has 0 amide bonds. The van der Waals surface area contributed by atoms with Gasteiger partial charge in [0.15, 0.2) is 0 Å². The Morgan fingerprint density at radius 2 is 1.18 bits per heavy atom. The largest absolute Gasteiger partial charge is 0.311 e. The summed E-state index contributed by atoms with van der Waals surface area (Å²) in [6.45, 7) is 23.8. The Hall–Kier alpha value is -4.80. The molecule has 4 heteroatoms. The molecule has 55 heavy (non-hydrogen) atoms. The van der Waals surface area contributed by atoms with Crippen LogP contribution in [-0.4, -0.2) is 6.71 Å². The minimum Gasteiger partial charge on any atom is -0.311 e. The van der Waals surface area contributed by atoms with Gasteiger partial charge in [-0.3, -0.25) is 0 Å². The minimum atomic E-state index is 0.0682. The van der Waals surface area contributed by atoms with Gasteiger partial charge in [-0.05, 0) is 147 Å². The number of hydrogen-bond donors (Lipinski definition) is 0. The van der Waals surface area contributed by atoms with Gasteiger partial charge >= 0.3 is 0 Å². The van der Waals surface area contributed by atoms with Crippen LogP contribution in [0.3, 0.4) is 0 Å². The molecule has 0 bridgehead atoms. The Morgan fingerprint density at radius 3 is 1.87 bits per heavy atom. The van der Waals surface area contributed by atoms with Crippen molar-refractivity contribution in [3.8, 4) is 0 Å². The molecule has 0 spiro atoms. The predicted octanol–water partition coefficient (Wildman–Crippen LogP) is 12.7. The summed E-state index contributed by atoms with van der Waals surface area (Å²) in [6.07, 6.45) is 2.37. The first-order valence-electron chi connectivity index (χ1n) is 20.2. The van der Waals surface area contributed by atoms with E-state index in [0.717, 1.165) is 0 Å². The number of nitrogens with zero attached hydrogens (tertiary/aromatic N) is 2. The van der Waals surface area contributed by atoms with Crippen molar-refractivity contribution in [1.29, 1.82) is 0 Å². The minimum absolute atomic E-state index is 0.0682. The Morgan fingerprint density at radius 1 is 0.564 bits per heavy atom. The number of anilines is 6. The molecule has 3 aliphatic rings. The maximum atomic E-state index is 2.67. The van der Waals surface area contributed by atoms with Gasteiger partial charge in [0.1, 0.15) is 0 Å². The van der Waals surface area contributed by atoms with Crippen LogP contribution in [0, 0.1) is 20.8 Å². The number of aryl methyl sites for hydroxylation is 3. The van der Waals surface area contributed by atoms with Crippen LogP contribution in [0.1, 0.15) is 94.7 Å². The molecule has 0 saturated heterocycles. The van der Waals surface area contributed by atoms with E-state index in [4.69, 9.17) is 0 Å². The van der Waals surface area contributed by atoms with Crippen molar-refractivity contribution in [1.82, 2.24) is 0 Å². The monoisotopic (exact) mass is 734 g/mol. The molecule has 1 aromatic heterocycles. The SMILES string of the molecule is Cc1cc2c3c(c1)N(c1ccccc1C)c1ccc4c(sc5ccccc54)c1B3c1cc3c(cc1N2c1ccc(C(C)(C)C)cc1C)C(C)(C)CCC3(C)C. The zero-order valence-electron chi connectivity index (χ0n) is 34.1. The van der Waals surface area contributed by atoms with E-state index in [9.17, 15) is 0 Å². The number of hydrogen-bond acceptors (Lipinski definition) is 3. The topological polar surface area (TPSA) is 6.48 Å². The highest BCUT2D eigenvalue weighted by Crippen LogP contribution is 2.52. The highest BCUT2D eigenvalue weighted by Gasteiger charge is 2.47. The second-order valence-corrected chi connectivity index (χ2v) is 20.1. The van der Waals surface area contributed by atoms with Crippen molar-refractivity contribution in [3.05, 3.63) is 137 Å². The Bertz CT molecular complexity index is 2760. The molecule has 1 aliphatic carbocycles. The number of fused-ring (bicyclic) bond motifs is 9. The fourth-order valence-corrected chi connectivity index (χ4v) is 11.4. The second kappa shape index (κ2) is 11.6. The van der Waals surface area contributed by atoms with Crippen LogP contribution in [0.2, 0.25) is 0 Å². The lowest BCUT2D eigenvalue weighted by molar-refractivity contribution is 0.332. The average molecular weight is 735 g/mol. The fraction of sp³-hybridized carbons (Fsp3) is 0.294. The van der Waals surface area contributed by atoms with Crippen LogP contribution in [0.15, 0.2) is 103 Å². The quantitative estimate of drug-likeness (QED) is 0.163. The summed E-state index contributed by atoms with van der Waals surface area (Å²) in [7, 11) is 0. The molecule has 2 nitrogen and oxygen atoms in total. The fourth-order valence-electron chi connectivity index (χ4n) is 10.2. The van der Waals surface area contributed by atoms with E-state index in [-0.39, 0.29) is 23.0 Å². The van der Waals surface area contributed by atoms with Crippen molar-refractivity contribution >= 4 is 88.7 Å². The lowest BCUT2D eigenvalue weighted by atomic mass is 9.33. The molecule has 2 aliphatic heterocycles. The Labute approximate surface area is 331 Å². The molecule has 3 heterocycles. The van der Waals surface area contributed by atoms with Gasteiger partial charge in [0.25, 0.3) is 6.71 Å². The van der Waals surface area contributed by atoms with Crippen molar-refractivity contribution < 1.29 is 0 Å². The van der Waals surface area contributed by atoms with Gasteiger partial charge in [-0.2, -0.15) is 0 Å². The van der Waals surface area contributed by atoms with E-state index in [0.29, 0.717) is 0 Å². The average Bonchev–Trinajstić information content (AvgIpc) is 3.52.